The zero-order valence-electron chi connectivity index (χ0n) is 9.52. The minimum Gasteiger partial charge on any atom is -0.324 e. The van der Waals surface area contributed by atoms with E-state index in [9.17, 15) is 17.6 Å². The van der Waals surface area contributed by atoms with Gasteiger partial charge in [0.05, 0.1) is 5.56 Å². The van der Waals surface area contributed by atoms with Gasteiger partial charge in [0.25, 0.3) is 0 Å². The molecule has 1 nitrogen and oxygen atoms in total. The van der Waals surface area contributed by atoms with Crippen LogP contribution in [0.5, 0.6) is 0 Å². The molecule has 0 amide bonds. The van der Waals surface area contributed by atoms with E-state index in [0.29, 0.717) is 6.42 Å². The first-order chi connectivity index (χ1) is 7.86. The van der Waals surface area contributed by atoms with E-state index >= 15 is 0 Å². The average Bonchev–Trinajstić information content (AvgIpc) is 2.24. The van der Waals surface area contributed by atoms with Gasteiger partial charge in [-0.15, -0.1) is 0 Å². The highest BCUT2D eigenvalue weighted by Crippen LogP contribution is 2.32. The lowest BCUT2D eigenvalue weighted by molar-refractivity contribution is -0.137. The molecule has 1 rings (SSSR count). The monoisotopic (exact) mass is 249 g/mol. The highest BCUT2D eigenvalue weighted by molar-refractivity contribution is 5.29. The first kappa shape index (κ1) is 14.0. The Hall–Kier alpha value is -1.10. The Morgan fingerprint density at radius 2 is 1.94 bits per heavy atom. The molecule has 0 bridgehead atoms. The van der Waals surface area contributed by atoms with Gasteiger partial charge in [0, 0.05) is 11.6 Å². The first-order valence-corrected chi connectivity index (χ1v) is 5.48. The van der Waals surface area contributed by atoms with E-state index in [0.717, 1.165) is 31.0 Å². The third kappa shape index (κ3) is 3.70. The lowest BCUT2D eigenvalue weighted by Crippen LogP contribution is -2.14. The van der Waals surface area contributed by atoms with Crippen LogP contribution in [-0.2, 0) is 6.18 Å². The molecule has 0 fully saturated rings. The van der Waals surface area contributed by atoms with Gasteiger partial charge in [-0.3, -0.25) is 0 Å². The van der Waals surface area contributed by atoms with Crippen LogP contribution in [0.3, 0.4) is 0 Å². The predicted molar refractivity (Wildman–Crippen MR) is 57.9 cm³/mol. The summed E-state index contributed by atoms with van der Waals surface area (Å²) in [5, 5.41) is 0. The zero-order valence-corrected chi connectivity index (χ0v) is 9.52. The van der Waals surface area contributed by atoms with Crippen LogP contribution in [0.25, 0.3) is 0 Å². The van der Waals surface area contributed by atoms with E-state index in [1.54, 1.807) is 0 Å². The van der Waals surface area contributed by atoms with Crippen molar-refractivity contribution in [1.82, 2.24) is 0 Å². The molecule has 0 unspecified atom stereocenters. The van der Waals surface area contributed by atoms with Crippen LogP contribution < -0.4 is 5.73 Å². The van der Waals surface area contributed by atoms with Gasteiger partial charge in [0.15, 0.2) is 0 Å². The van der Waals surface area contributed by atoms with E-state index in [2.05, 4.69) is 0 Å². The fourth-order valence-electron chi connectivity index (χ4n) is 1.58. The van der Waals surface area contributed by atoms with Gasteiger partial charge in [0.2, 0.25) is 0 Å². The van der Waals surface area contributed by atoms with Gasteiger partial charge in [0.1, 0.15) is 5.82 Å². The van der Waals surface area contributed by atoms with Crippen molar-refractivity contribution in [3.8, 4) is 0 Å². The summed E-state index contributed by atoms with van der Waals surface area (Å²) in [6, 6.07) is 1.67. The quantitative estimate of drug-likeness (QED) is 0.801. The second kappa shape index (κ2) is 5.49. The summed E-state index contributed by atoms with van der Waals surface area (Å²) in [5.41, 5.74) is 4.76. The number of benzene rings is 1. The van der Waals surface area contributed by atoms with E-state index in [-0.39, 0.29) is 5.56 Å². The maximum Gasteiger partial charge on any atom is 0.416 e. The summed E-state index contributed by atoms with van der Waals surface area (Å²) in [6.45, 7) is 1.94. The van der Waals surface area contributed by atoms with Crippen LogP contribution in [-0.4, -0.2) is 0 Å². The topological polar surface area (TPSA) is 26.0 Å². The SMILES string of the molecule is CCCC[C@@H](N)c1cc(C(F)(F)F)ccc1F. The number of nitrogens with two attached hydrogens (primary N) is 1. The van der Waals surface area contributed by atoms with Gasteiger partial charge in [-0.05, 0) is 24.6 Å². The third-order valence-corrected chi connectivity index (χ3v) is 2.59. The van der Waals surface area contributed by atoms with E-state index in [1.807, 2.05) is 6.92 Å². The standard InChI is InChI=1S/C12H15F4N/c1-2-3-4-11(17)9-7-8(12(14,15)16)5-6-10(9)13/h5-7,11H,2-4,17H2,1H3/t11-/m1/s1. The second-order valence-corrected chi connectivity index (χ2v) is 3.98. The Bertz CT molecular complexity index is 373. The Labute approximate surface area is 97.6 Å². The minimum atomic E-state index is -4.47. The van der Waals surface area contributed by atoms with Crippen molar-refractivity contribution in [3.05, 3.63) is 35.1 Å². The molecule has 0 heterocycles. The number of alkyl halides is 3. The molecule has 0 aliphatic heterocycles. The summed E-state index contributed by atoms with van der Waals surface area (Å²) >= 11 is 0. The highest BCUT2D eigenvalue weighted by Gasteiger charge is 2.31. The van der Waals surface area contributed by atoms with Crippen molar-refractivity contribution in [2.75, 3.05) is 0 Å². The summed E-state index contributed by atoms with van der Waals surface area (Å²) in [5.74, 6) is -0.679. The van der Waals surface area contributed by atoms with Crippen molar-refractivity contribution >= 4 is 0 Å². The molecule has 1 atom stereocenters. The number of rotatable bonds is 4. The normalized spacial score (nSPS) is 13.8. The highest BCUT2D eigenvalue weighted by atomic mass is 19.4. The molecule has 0 aliphatic rings. The van der Waals surface area contributed by atoms with Crippen LogP contribution in [0, 0.1) is 5.82 Å². The molecule has 0 spiro atoms. The number of hydrogen-bond donors (Lipinski definition) is 1. The smallest absolute Gasteiger partial charge is 0.324 e. The van der Waals surface area contributed by atoms with Crippen molar-refractivity contribution in [1.29, 1.82) is 0 Å². The van der Waals surface area contributed by atoms with Crippen molar-refractivity contribution in [2.24, 2.45) is 5.73 Å². The molecule has 0 aliphatic carbocycles. The van der Waals surface area contributed by atoms with Gasteiger partial charge < -0.3 is 5.73 Å². The van der Waals surface area contributed by atoms with Crippen LogP contribution >= 0.6 is 0 Å². The molecule has 0 saturated heterocycles. The maximum absolute atomic E-state index is 13.4. The molecule has 0 saturated carbocycles. The Balaban J connectivity index is 2.98. The van der Waals surface area contributed by atoms with Crippen molar-refractivity contribution in [3.63, 3.8) is 0 Å². The molecule has 1 aromatic rings. The van der Waals surface area contributed by atoms with Crippen LogP contribution in [0.1, 0.15) is 43.4 Å². The van der Waals surface area contributed by atoms with E-state index in [1.165, 1.54) is 0 Å². The Morgan fingerprint density at radius 3 is 2.47 bits per heavy atom. The molecule has 0 aromatic heterocycles. The number of halogens is 4. The number of unbranched alkanes of at least 4 members (excludes halogenated alkanes) is 1. The molecule has 5 heteroatoms. The van der Waals surface area contributed by atoms with Crippen LogP contribution in [0.2, 0.25) is 0 Å². The molecule has 1 aromatic carbocycles. The second-order valence-electron chi connectivity index (χ2n) is 3.98. The van der Waals surface area contributed by atoms with Gasteiger partial charge >= 0.3 is 6.18 Å². The van der Waals surface area contributed by atoms with E-state index in [4.69, 9.17) is 5.73 Å². The lowest BCUT2D eigenvalue weighted by Gasteiger charge is -2.15. The summed E-state index contributed by atoms with van der Waals surface area (Å²) in [4.78, 5) is 0. The van der Waals surface area contributed by atoms with Gasteiger partial charge in [-0.25, -0.2) is 4.39 Å². The average molecular weight is 249 g/mol. The van der Waals surface area contributed by atoms with Crippen molar-refractivity contribution in [2.45, 2.75) is 38.4 Å². The summed E-state index contributed by atoms with van der Waals surface area (Å²) < 4.78 is 50.7. The van der Waals surface area contributed by atoms with E-state index < -0.39 is 23.6 Å². The minimum absolute atomic E-state index is 0.0618. The lowest BCUT2D eigenvalue weighted by atomic mass is 9.99. The first-order valence-electron chi connectivity index (χ1n) is 5.48. The zero-order chi connectivity index (χ0) is 13.1. The molecular weight excluding hydrogens is 234 g/mol. The molecule has 96 valence electrons. The Morgan fingerprint density at radius 1 is 1.29 bits per heavy atom. The number of hydrogen-bond acceptors (Lipinski definition) is 1. The molecule has 0 radical (unpaired) electrons. The molecular formula is C12H15F4N. The van der Waals surface area contributed by atoms with Crippen LogP contribution in [0.15, 0.2) is 18.2 Å². The Kier molecular flexibility index (Phi) is 4.51. The largest absolute Gasteiger partial charge is 0.416 e. The fraction of sp³-hybridized carbons (Fsp3) is 0.500. The van der Waals surface area contributed by atoms with Crippen LogP contribution in [0.4, 0.5) is 17.6 Å². The predicted octanol–water partition coefficient (Wildman–Crippen LogP) is 4.03. The third-order valence-electron chi connectivity index (χ3n) is 2.59. The van der Waals surface area contributed by atoms with Crippen molar-refractivity contribution < 1.29 is 17.6 Å². The summed E-state index contributed by atoms with van der Waals surface area (Å²) in [6.07, 6.45) is -2.35. The maximum atomic E-state index is 13.4. The van der Waals surface area contributed by atoms with Gasteiger partial charge in [-0.2, -0.15) is 13.2 Å². The van der Waals surface area contributed by atoms with Gasteiger partial charge in [-0.1, -0.05) is 19.8 Å². The molecule has 2 N–H and O–H groups in total. The molecule has 17 heavy (non-hydrogen) atoms. The fourth-order valence-corrected chi connectivity index (χ4v) is 1.58. The summed E-state index contributed by atoms with van der Waals surface area (Å²) in [7, 11) is 0.